The number of benzene rings is 1. The van der Waals surface area contributed by atoms with Gasteiger partial charge in [-0.15, -0.1) is 11.3 Å². The number of hydrogen-bond acceptors (Lipinski definition) is 3. The van der Waals surface area contributed by atoms with E-state index < -0.39 is 0 Å². The molecule has 0 radical (unpaired) electrons. The molecule has 5 heteroatoms. The number of thiophene rings is 1. The number of nitrogens with one attached hydrogen (secondary N) is 2. The Morgan fingerprint density at radius 3 is 2.32 bits per heavy atom. The number of anilines is 2. The van der Waals surface area contributed by atoms with Gasteiger partial charge in [-0.25, -0.2) is 0 Å². The van der Waals surface area contributed by atoms with E-state index >= 15 is 0 Å². The number of amides is 1. The summed E-state index contributed by atoms with van der Waals surface area (Å²) in [5.41, 5.74) is 1.84. The molecule has 1 heterocycles. The van der Waals surface area contributed by atoms with Crippen LogP contribution in [0, 0.1) is 0 Å². The molecule has 2 N–H and O–H groups in total. The van der Waals surface area contributed by atoms with E-state index in [0.717, 1.165) is 15.2 Å². The van der Waals surface area contributed by atoms with Crippen LogP contribution in [-0.2, 0) is 4.79 Å². The molecule has 0 fully saturated rings. The van der Waals surface area contributed by atoms with E-state index in [1.54, 1.807) is 11.3 Å². The third-order valence-corrected chi connectivity index (χ3v) is 4.42. The third kappa shape index (κ3) is 4.08. The van der Waals surface area contributed by atoms with Gasteiger partial charge in [0.1, 0.15) is 0 Å². The van der Waals surface area contributed by atoms with Gasteiger partial charge in [0.2, 0.25) is 5.91 Å². The van der Waals surface area contributed by atoms with Gasteiger partial charge in [0.05, 0.1) is 9.83 Å². The first-order chi connectivity index (χ1) is 9.04. The number of halogens is 1. The Kier molecular flexibility index (Phi) is 4.61. The van der Waals surface area contributed by atoms with Gasteiger partial charge in [0, 0.05) is 23.2 Å². The average molecular weight is 339 g/mol. The fourth-order valence-corrected chi connectivity index (χ4v) is 3.16. The summed E-state index contributed by atoms with van der Waals surface area (Å²) in [6, 6.07) is 12.1. The van der Waals surface area contributed by atoms with Crippen LogP contribution in [0.1, 0.15) is 24.8 Å². The second kappa shape index (κ2) is 6.21. The van der Waals surface area contributed by atoms with Gasteiger partial charge < -0.3 is 10.6 Å². The maximum Gasteiger partial charge on any atom is 0.221 e. The minimum absolute atomic E-state index is 0.0579. The summed E-state index contributed by atoms with van der Waals surface area (Å²) in [6.45, 7) is 3.63. The van der Waals surface area contributed by atoms with E-state index in [-0.39, 0.29) is 11.9 Å². The van der Waals surface area contributed by atoms with Crippen LogP contribution in [-0.4, -0.2) is 5.91 Å². The number of carbonyl (C=O) groups is 1. The van der Waals surface area contributed by atoms with Crippen molar-refractivity contribution in [3.05, 3.63) is 45.1 Å². The first-order valence-corrected chi connectivity index (χ1v) is 7.55. The first kappa shape index (κ1) is 14.1. The average Bonchev–Trinajstić information content (AvgIpc) is 2.78. The van der Waals surface area contributed by atoms with E-state index in [4.69, 9.17) is 0 Å². The molecule has 1 aromatic carbocycles. The molecule has 2 aromatic rings. The summed E-state index contributed by atoms with van der Waals surface area (Å²) in [6.07, 6.45) is 0. The van der Waals surface area contributed by atoms with Crippen molar-refractivity contribution in [2.45, 2.75) is 19.9 Å². The second-order valence-corrected chi connectivity index (χ2v) is 6.76. The molecule has 100 valence electrons. The monoisotopic (exact) mass is 338 g/mol. The highest BCUT2D eigenvalue weighted by atomic mass is 79.9. The Balaban J connectivity index is 2.01. The minimum Gasteiger partial charge on any atom is -0.378 e. The highest BCUT2D eigenvalue weighted by Crippen LogP contribution is 2.29. The Labute approximate surface area is 125 Å². The standard InChI is InChI=1S/C14H15BrN2OS/c1-9(13-7-8-14(15)19-13)16-11-3-5-12(6-4-11)17-10(2)18/h3-9,16H,1-2H3,(H,17,18). The molecule has 0 aliphatic carbocycles. The summed E-state index contributed by atoms with van der Waals surface area (Å²) in [5.74, 6) is -0.0579. The molecule has 19 heavy (non-hydrogen) atoms. The van der Waals surface area contributed by atoms with Crippen molar-refractivity contribution < 1.29 is 4.79 Å². The highest BCUT2D eigenvalue weighted by molar-refractivity contribution is 9.11. The Hall–Kier alpha value is -1.33. The lowest BCUT2D eigenvalue weighted by molar-refractivity contribution is -0.114. The van der Waals surface area contributed by atoms with Crippen molar-refractivity contribution in [1.29, 1.82) is 0 Å². The van der Waals surface area contributed by atoms with E-state index in [9.17, 15) is 4.79 Å². The molecule has 0 aliphatic rings. The van der Waals surface area contributed by atoms with Crippen LogP contribution >= 0.6 is 27.3 Å². The van der Waals surface area contributed by atoms with Crippen LogP contribution in [0.3, 0.4) is 0 Å². The van der Waals surface area contributed by atoms with Crippen molar-refractivity contribution in [3.63, 3.8) is 0 Å². The molecule has 0 spiro atoms. The molecule has 1 unspecified atom stereocenters. The molecule has 1 atom stereocenters. The number of rotatable bonds is 4. The highest BCUT2D eigenvalue weighted by Gasteiger charge is 2.07. The summed E-state index contributed by atoms with van der Waals surface area (Å²) in [7, 11) is 0. The lowest BCUT2D eigenvalue weighted by Gasteiger charge is -2.14. The molecule has 1 aromatic heterocycles. The van der Waals surface area contributed by atoms with Crippen LogP contribution in [0.5, 0.6) is 0 Å². The summed E-state index contributed by atoms with van der Waals surface area (Å²) in [5, 5.41) is 6.18. The van der Waals surface area contributed by atoms with Crippen molar-refractivity contribution in [2.75, 3.05) is 10.6 Å². The first-order valence-electron chi connectivity index (χ1n) is 5.94. The fraction of sp³-hybridized carbons (Fsp3) is 0.214. The Morgan fingerprint density at radius 1 is 1.16 bits per heavy atom. The van der Waals surface area contributed by atoms with Gasteiger partial charge in [-0.05, 0) is 59.3 Å². The zero-order chi connectivity index (χ0) is 13.8. The topological polar surface area (TPSA) is 41.1 Å². The molecule has 0 saturated carbocycles. The van der Waals surface area contributed by atoms with Crippen molar-refractivity contribution in [3.8, 4) is 0 Å². The van der Waals surface area contributed by atoms with Gasteiger partial charge in [-0.1, -0.05) is 0 Å². The van der Waals surface area contributed by atoms with E-state index in [0.29, 0.717) is 0 Å². The SMILES string of the molecule is CC(=O)Nc1ccc(NC(C)c2ccc(Br)s2)cc1. The van der Waals surface area contributed by atoms with E-state index in [2.05, 4.69) is 45.6 Å². The maximum absolute atomic E-state index is 10.9. The lowest BCUT2D eigenvalue weighted by atomic mass is 10.2. The van der Waals surface area contributed by atoms with Gasteiger partial charge in [0.15, 0.2) is 0 Å². The largest absolute Gasteiger partial charge is 0.378 e. The normalized spacial score (nSPS) is 11.9. The number of hydrogen-bond donors (Lipinski definition) is 2. The molecule has 0 bridgehead atoms. The quantitative estimate of drug-likeness (QED) is 0.852. The van der Waals surface area contributed by atoms with Crippen LogP contribution in [0.25, 0.3) is 0 Å². The summed E-state index contributed by atoms with van der Waals surface area (Å²) in [4.78, 5) is 12.2. The third-order valence-electron chi connectivity index (χ3n) is 2.61. The molecular formula is C14H15BrN2OS. The van der Waals surface area contributed by atoms with Crippen molar-refractivity contribution >= 4 is 44.5 Å². The molecule has 3 nitrogen and oxygen atoms in total. The second-order valence-electron chi connectivity index (χ2n) is 4.27. The van der Waals surface area contributed by atoms with Gasteiger partial charge in [-0.2, -0.15) is 0 Å². The summed E-state index contributed by atoms with van der Waals surface area (Å²) >= 11 is 5.19. The van der Waals surface area contributed by atoms with Gasteiger partial charge >= 0.3 is 0 Å². The van der Waals surface area contributed by atoms with Crippen LogP contribution in [0.4, 0.5) is 11.4 Å². The molecular weight excluding hydrogens is 324 g/mol. The minimum atomic E-state index is -0.0579. The van der Waals surface area contributed by atoms with Gasteiger partial charge in [-0.3, -0.25) is 4.79 Å². The van der Waals surface area contributed by atoms with Crippen molar-refractivity contribution in [1.82, 2.24) is 0 Å². The molecule has 2 rings (SSSR count). The van der Waals surface area contributed by atoms with E-state index in [1.807, 2.05) is 24.3 Å². The van der Waals surface area contributed by atoms with Crippen LogP contribution in [0.15, 0.2) is 40.2 Å². The van der Waals surface area contributed by atoms with E-state index in [1.165, 1.54) is 11.8 Å². The van der Waals surface area contributed by atoms with Gasteiger partial charge in [0.25, 0.3) is 0 Å². The van der Waals surface area contributed by atoms with Crippen LogP contribution < -0.4 is 10.6 Å². The molecule has 1 amide bonds. The lowest BCUT2D eigenvalue weighted by Crippen LogP contribution is -2.07. The zero-order valence-electron chi connectivity index (χ0n) is 10.7. The Bertz CT molecular complexity index is 565. The summed E-state index contributed by atoms with van der Waals surface area (Å²) < 4.78 is 1.14. The smallest absolute Gasteiger partial charge is 0.221 e. The Morgan fingerprint density at radius 2 is 1.79 bits per heavy atom. The fourth-order valence-electron chi connectivity index (χ4n) is 1.74. The molecule has 0 saturated heterocycles. The number of carbonyl (C=O) groups excluding carboxylic acids is 1. The molecule has 0 aliphatic heterocycles. The van der Waals surface area contributed by atoms with Crippen molar-refractivity contribution in [2.24, 2.45) is 0 Å². The van der Waals surface area contributed by atoms with Crippen LogP contribution in [0.2, 0.25) is 0 Å². The maximum atomic E-state index is 10.9. The predicted molar refractivity (Wildman–Crippen MR) is 84.8 cm³/mol. The predicted octanol–water partition coefficient (Wildman–Crippen LogP) is 4.64. The zero-order valence-corrected chi connectivity index (χ0v) is 13.1.